The summed E-state index contributed by atoms with van der Waals surface area (Å²) in [5.41, 5.74) is 2.55. The van der Waals surface area contributed by atoms with Crippen LogP contribution in [0.4, 0.5) is 0 Å². The van der Waals surface area contributed by atoms with E-state index in [0.29, 0.717) is 12.5 Å². The molecule has 2 heteroatoms. The second-order valence-electron chi connectivity index (χ2n) is 4.86. The molecule has 0 saturated heterocycles. The monoisotopic (exact) mass is 221 g/mol. The lowest BCUT2D eigenvalue weighted by molar-refractivity contribution is 0.120. The van der Waals surface area contributed by atoms with E-state index in [0.717, 1.165) is 0 Å². The molecule has 2 N–H and O–H groups in total. The van der Waals surface area contributed by atoms with E-state index in [-0.39, 0.29) is 12.1 Å². The Morgan fingerprint density at radius 3 is 2.50 bits per heavy atom. The molecule has 16 heavy (non-hydrogen) atoms. The Hall–Kier alpha value is -0.860. The van der Waals surface area contributed by atoms with Gasteiger partial charge in [0.25, 0.3) is 0 Å². The molecule has 2 atom stereocenters. The predicted octanol–water partition coefficient (Wildman–Crippen LogP) is 2.66. The first kappa shape index (κ1) is 13.2. The molecular weight excluding hydrogens is 198 g/mol. The summed E-state index contributed by atoms with van der Waals surface area (Å²) in [6.45, 7) is 8.93. The van der Waals surface area contributed by atoms with Crippen LogP contribution < -0.4 is 5.32 Å². The van der Waals surface area contributed by atoms with Crippen LogP contribution in [0.15, 0.2) is 24.3 Å². The van der Waals surface area contributed by atoms with Crippen molar-refractivity contribution in [3.63, 3.8) is 0 Å². The molecular formula is C14H23NO. The summed E-state index contributed by atoms with van der Waals surface area (Å²) in [4.78, 5) is 0. The lowest BCUT2D eigenvalue weighted by atomic mass is 10.0. The predicted molar refractivity (Wildman–Crippen MR) is 68.4 cm³/mol. The molecule has 0 bridgehead atoms. The number of hydrogen-bond donors (Lipinski definition) is 2. The van der Waals surface area contributed by atoms with Crippen molar-refractivity contribution in [2.75, 3.05) is 6.54 Å². The lowest BCUT2D eigenvalue weighted by Gasteiger charge is -2.19. The van der Waals surface area contributed by atoms with Gasteiger partial charge in [-0.1, -0.05) is 43.7 Å². The van der Waals surface area contributed by atoms with Gasteiger partial charge >= 0.3 is 0 Å². The maximum Gasteiger partial charge on any atom is 0.0687 e. The Labute approximate surface area is 98.7 Å². The zero-order valence-electron chi connectivity index (χ0n) is 10.7. The third-order valence-corrected chi connectivity index (χ3v) is 2.94. The Bertz CT molecular complexity index is 322. The van der Waals surface area contributed by atoms with Gasteiger partial charge in [-0.05, 0) is 25.3 Å². The van der Waals surface area contributed by atoms with Gasteiger partial charge in [0.05, 0.1) is 6.10 Å². The van der Waals surface area contributed by atoms with Gasteiger partial charge in [0.15, 0.2) is 0 Å². The SMILES string of the molecule is Cc1cccc(C(C)NCC(O)C(C)C)c1. The quantitative estimate of drug-likeness (QED) is 0.801. The van der Waals surface area contributed by atoms with Crippen LogP contribution in [-0.4, -0.2) is 17.8 Å². The molecule has 1 aromatic rings. The van der Waals surface area contributed by atoms with Crippen LogP contribution in [0, 0.1) is 12.8 Å². The summed E-state index contributed by atoms with van der Waals surface area (Å²) in [5.74, 6) is 0.303. The van der Waals surface area contributed by atoms with Gasteiger partial charge in [-0.3, -0.25) is 0 Å². The number of hydrogen-bond acceptors (Lipinski definition) is 2. The zero-order valence-corrected chi connectivity index (χ0v) is 10.7. The molecule has 2 nitrogen and oxygen atoms in total. The van der Waals surface area contributed by atoms with Crippen LogP contribution >= 0.6 is 0 Å². The lowest BCUT2D eigenvalue weighted by Crippen LogP contribution is -2.32. The molecule has 0 aromatic heterocycles. The highest BCUT2D eigenvalue weighted by atomic mass is 16.3. The Balaban J connectivity index is 2.49. The molecule has 0 amide bonds. The van der Waals surface area contributed by atoms with Crippen molar-refractivity contribution in [1.82, 2.24) is 5.32 Å². The number of nitrogens with one attached hydrogen (secondary N) is 1. The Kier molecular flexibility index (Phi) is 4.97. The molecule has 0 heterocycles. The number of benzene rings is 1. The number of aliphatic hydroxyl groups is 1. The van der Waals surface area contributed by atoms with Gasteiger partial charge in [0.2, 0.25) is 0 Å². The summed E-state index contributed by atoms with van der Waals surface area (Å²) < 4.78 is 0. The maximum absolute atomic E-state index is 9.71. The average Bonchev–Trinajstić information content (AvgIpc) is 2.25. The van der Waals surface area contributed by atoms with Crippen molar-refractivity contribution in [3.05, 3.63) is 35.4 Å². The molecule has 0 saturated carbocycles. The largest absolute Gasteiger partial charge is 0.392 e. The van der Waals surface area contributed by atoms with Gasteiger partial charge in [-0.15, -0.1) is 0 Å². The molecule has 0 aliphatic rings. The van der Waals surface area contributed by atoms with E-state index in [1.807, 2.05) is 13.8 Å². The van der Waals surface area contributed by atoms with Crippen molar-refractivity contribution in [3.8, 4) is 0 Å². The summed E-state index contributed by atoms with van der Waals surface area (Å²) in [7, 11) is 0. The smallest absolute Gasteiger partial charge is 0.0687 e. The first-order valence-corrected chi connectivity index (χ1v) is 5.98. The number of rotatable bonds is 5. The van der Waals surface area contributed by atoms with Crippen molar-refractivity contribution in [2.45, 2.75) is 39.8 Å². The van der Waals surface area contributed by atoms with Gasteiger partial charge in [-0.25, -0.2) is 0 Å². The minimum absolute atomic E-state index is 0.271. The van der Waals surface area contributed by atoms with Gasteiger partial charge in [0, 0.05) is 12.6 Å². The van der Waals surface area contributed by atoms with Gasteiger partial charge in [0.1, 0.15) is 0 Å². The molecule has 1 aromatic carbocycles. The summed E-state index contributed by atoms with van der Waals surface area (Å²) >= 11 is 0. The van der Waals surface area contributed by atoms with E-state index >= 15 is 0 Å². The van der Waals surface area contributed by atoms with E-state index in [9.17, 15) is 5.11 Å². The van der Waals surface area contributed by atoms with E-state index in [4.69, 9.17) is 0 Å². The molecule has 0 radical (unpaired) electrons. The first-order valence-electron chi connectivity index (χ1n) is 5.98. The highest BCUT2D eigenvalue weighted by Gasteiger charge is 2.11. The highest BCUT2D eigenvalue weighted by molar-refractivity contribution is 5.24. The van der Waals surface area contributed by atoms with Crippen molar-refractivity contribution < 1.29 is 5.11 Å². The van der Waals surface area contributed by atoms with Crippen LogP contribution in [0.25, 0.3) is 0 Å². The Morgan fingerprint density at radius 2 is 1.94 bits per heavy atom. The molecule has 90 valence electrons. The minimum Gasteiger partial charge on any atom is -0.392 e. The standard InChI is InChI=1S/C14H23NO/c1-10(2)14(16)9-15-12(4)13-7-5-6-11(3)8-13/h5-8,10,12,14-16H,9H2,1-4H3. The van der Waals surface area contributed by atoms with Crippen molar-refractivity contribution in [2.24, 2.45) is 5.92 Å². The van der Waals surface area contributed by atoms with Crippen LogP contribution in [0.1, 0.15) is 37.9 Å². The number of aliphatic hydroxyl groups excluding tert-OH is 1. The highest BCUT2D eigenvalue weighted by Crippen LogP contribution is 2.14. The molecule has 2 unspecified atom stereocenters. The normalized spacial score (nSPS) is 15.1. The summed E-state index contributed by atoms with van der Waals surface area (Å²) in [6.07, 6.45) is -0.271. The fourth-order valence-electron chi connectivity index (χ4n) is 1.59. The second kappa shape index (κ2) is 6.02. The van der Waals surface area contributed by atoms with Crippen LogP contribution in [0.5, 0.6) is 0 Å². The topological polar surface area (TPSA) is 32.3 Å². The van der Waals surface area contributed by atoms with Gasteiger partial charge in [-0.2, -0.15) is 0 Å². The molecule has 0 aliphatic carbocycles. The third-order valence-electron chi connectivity index (χ3n) is 2.94. The molecule has 0 spiro atoms. The Morgan fingerprint density at radius 1 is 1.25 bits per heavy atom. The van der Waals surface area contributed by atoms with E-state index in [1.165, 1.54) is 11.1 Å². The van der Waals surface area contributed by atoms with Crippen molar-refractivity contribution >= 4 is 0 Å². The second-order valence-corrected chi connectivity index (χ2v) is 4.86. The minimum atomic E-state index is -0.271. The first-order chi connectivity index (χ1) is 7.50. The maximum atomic E-state index is 9.71. The van der Waals surface area contributed by atoms with E-state index in [1.54, 1.807) is 0 Å². The fourth-order valence-corrected chi connectivity index (χ4v) is 1.59. The van der Waals surface area contributed by atoms with Crippen molar-refractivity contribution in [1.29, 1.82) is 0 Å². The summed E-state index contributed by atoms with van der Waals surface area (Å²) in [5, 5.41) is 13.1. The zero-order chi connectivity index (χ0) is 12.1. The summed E-state index contributed by atoms with van der Waals surface area (Å²) in [6, 6.07) is 8.75. The average molecular weight is 221 g/mol. The third kappa shape index (κ3) is 3.95. The molecule has 1 rings (SSSR count). The van der Waals surface area contributed by atoms with E-state index < -0.39 is 0 Å². The van der Waals surface area contributed by atoms with Gasteiger partial charge < -0.3 is 10.4 Å². The van der Waals surface area contributed by atoms with Crippen LogP contribution in [0.3, 0.4) is 0 Å². The van der Waals surface area contributed by atoms with E-state index in [2.05, 4.69) is 43.4 Å². The molecule has 0 aliphatic heterocycles. The number of aryl methyl sites for hydroxylation is 1. The fraction of sp³-hybridized carbons (Fsp3) is 0.571. The molecule has 0 fully saturated rings. The van der Waals surface area contributed by atoms with Crippen LogP contribution in [0.2, 0.25) is 0 Å². The van der Waals surface area contributed by atoms with Crippen LogP contribution in [-0.2, 0) is 0 Å².